The summed E-state index contributed by atoms with van der Waals surface area (Å²) >= 11 is 0. The molecule has 2 aromatic carbocycles. The molecule has 0 atom stereocenters. The largest absolute Gasteiger partial charge is 0.507 e. The van der Waals surface area contributed by atoms with Crippen molar-refractivity contribution in [3.63, 3.8) is 0 Å². The fraction of sp³-hybridized carbons (Fsp3) is 0.0714. The number of phenolic OH excluding ortho intramolecular Hbond substituents is 1. The van der Waals surface area contributed by atoms with Crippen LogP contribution in [0.3, 0.4) is 0 Å². The highest BCUT2D eigenvalue weighted by molar-refractivity contribution is 6.01. The van der Waals surface area contributed by atoms with E-state index < -0.39 is 0 Å². The number of ketones is 1. The topological polar surface area (TPSA) is 98.6 Å². The molecule has 0 aliphatic carbocycles. The van der Waals surface area contributed by atoms with E-state index in [1.54, 1.807) is 12.1 Å². The van der Waals surface area contributed by atoms with Crippen molar-refractivity contribution in [2.24, 2.45) is 5.73 Å². The van der Waals surface area contributed by atoms with Crippen molar-refractivity contribution in [2.45, 2.75) is 0 Å². The second-order valence-electron chi connectivity index (χ2n) is 3.95. The van der Waals surface area contributed by atoms with Gasteiger partial charge in [-0.15, -0.1) is 12.4 Å². The third-order valence-corrected chi connectivity index (χ3v) is 2.58. The van der Waals surface area contributed by atoms with Gasteiger partial charge in [-0.05, 0) is 18.2 Å². The van der Waals surface area contributed by atoms with Crippen LogP contribution in [0.5, 0.6) is 17.2 Å². The Morgan fingerprint density at radius 3 is 2.45 bits per heavy atom. The van der Waals surface area contributed by atoms with Crippen LogP contribution in [0.1, 0.15) is 10.4 Å². The maximum atomic E-state index is 11.6. The molecule has 2 rings (SSSR count). The van der Waals surface area contributed by atoms with E-state index in [2.05, 4.69) is 0 Å². The minimum atomic E-state index is -0.379. The van der Waals surface area contributed by atoms with Gasteiger partial charge >= 0.3 is 0 Å². The number of para-hydroxylation sites is 1. The first-order valence-corrected chi connectivity index (χ1v) is 5.70. The molecule has 0 aromatic heterocycles. The first-order chi connectivity index (χ1) is 9.11. The summed E-state index contributed by atoms with van der Waals surface area (Å²) in [5.41, 5.74) is 11.4. The third kappa shape index (κ3) is 3.40. The summed E-state index contributed by atoms with van der Waals surface area (Å²) in [6.07, 6.45) is 0. The number of carbonyl (C=O) groups excluding carboxylic acids is 1. The first-order valence-electron chi connectivity index (χ1n) is 5.70. The molecule has 0 bridgehead atoms. The third-order valence-electron chi connectivity index (χ3n) is 2.58. The molecule has 0 heterocycles. The van der Waals surface area contributed by atoms with Gasteiger partial charge in [-0.3, -0.25) is 4.79 Å². The molecule has 5 N–H and O–H groups in total. The molecule has 0 aliphatic heterocycles. The SMILES string of the molecule is Cl.NCC(=O)c1cc(Oc2ccccc2)c(N)cc1O. The number of phenols is 1. The smallest absolute Gasteiger partial charge is 0.180 e. The molecule has 0 unspecified atom stereocenters. The van der Waals surface area contributed by atoms with E-state index >= 15 is 0 Å². The van der Waals surface area contributed by atoms with Gasteiger partial charge in [0.15, 0.2) is 11.5 Å². The first kappa shape index (κ1) is 15.8. The monoisotopic (exact) mass is 294 g/mol. The number of ether oxygens (including phenoxy) is 1. The Morgan fingerprint density at radius 1 is 1.20 bits per heavy atom. The minimum Gasteiger partial charge on any atom is -0.507 e. The van der Waals surface area contributed by atoms with E-state index in [0.29, 0.717) is 11.5 Å². The van der Waals surface area contributed by atoms with Crippen molar-refractivity contribution < 1.29 is 14.6 Å². The molecule has 0 amide bonds. The molecule has 20 heavy (non-hydrogen) atoms. The molecular formula is C14H15ClN2O3. The number of nitrogen functional groups attached to an aromatic ring is 1. The van der Waals surface area contributed by atoms with Gasteiger partial charge in [-0.1, -0.05) is 18.2 Å². The normalized spacial score (nSPS) is 9.65. The van der Waals surface area contributed by atoms with Gasteiger partial charge in [0.2, 0.25) is 0 Å². The lowest BCUT2D eigenvalue weighted by Gasteiger charge is -2.11. The summed E-state index contributed by atoms with van der Waals surface area (Å²) in [6.45, 7) is -0.192. The highest BCUT2D eigenvalue weighted by Crippen LogP contribution is 2.33. The zero-order chi connectivity index (χ0) is 13.8. The highest BCUT2D eigenvalue weighted by Gasteiger charge is 2.14. The molecule has 2 aromatic rings. The maximum absolute atomic E-state index is 11.6. The number of halogens is 1. The van der Waals surface area contributed by atoms with Crippen molar-refractivity contribution in [2.75, 3.05) is 12.3 Å². The average Bonchev–Trinajstić information content (AvgIpc) is 2.42. The van der Waals surface area contributed by atoms with Gasteiger partial charge < -0.3 is 21.3 Å². The molecule has 5 nitrogen and oxygen atoms in total. The highest BCUT2D eigenvalue weighted by atomic mass is 35.5. The molecule has 0 aliphatic rings. The van der Waals surface area contributed by atoms with Crippen LogP contribution < -0.4 is 16.2 Å². The number of hydrogen-bond acceptors (Lipinski definition) is 5. The van der Waals surface area contributed by atoms with E-state index in [1.807, 2.05) is 18.2 Å². The number of Topliss-reactive ketones (excluding diaryl/α,β-unsaturated/α-hetero) is 1. The lowest BCUT2D eigenvalue weighted by Crippen LogP contribution is -2.14. The Kier molecular flexibility index (Phi) is 5.37. The molecule has 6 heteroatoms. The predicted molar refractivity (Wildman–Crippen MR) is 79.7 cm³/mol. The van der Waals surface area contributed by atoms with Crippen molar-refractivity contribution in [3.05, 3.63) is 48.0 Å². The van der Waals surface area contributed by atoms with Gasteiger partial charge in [0.25, 0.3) is 0 Å². The number of anilines is 1. The summed E-state index contributed by atoms with van der Waals surface area (Å²) < 4.78 is 5.57. The summed E-state index contributed by atoms with van der Waals surface area (Å²) in [5.74, 6) is 0.315. The number of hydrogen-bond donors (Lipinski definition) is 3. The van der Waals surface area contributed by atoms with Crippen molar-refractivity contribution >= 4 is 23.9 Å². The average molecular weight is 295 g/mol. The number of rotatable bonds is 4. The fourth-order valence-corrected chi connectivity index (χ4v) is 1.62. The van der Waals surface area contributed by atoms with Crippen molar-refractivity contribution in [3.8, 4) is 17.2 Å². The lowest BCUT2D eigenvalue weighted by molar-refractivity contribution is 0.0998. The number of aromatic hydroxyl groups is 1. The molecular weight excluding hydrogens is 280 g/mol. The maximum Gasteiger partial charge on any atom is 0.180 e. The van der Waals surface area contributed by atoms with E-state index in [1.165, 1.54) is 12.1 Å². The molecule has 106 valence electrons. The van der Waals surface area contributed by atoms with E-state index in [0.717, 1.165) is 0 Å². The van der Waals surface area contributed by atoms with Gasteiger partial charge in [0.1, 0.15) is 11.5 Å². The fourth-order valence-electron chi connectivity index (χ4n) is 1.62. The van der Waals surface area contributed by atoms with Gasteiger partial charge in [-0.2, -0.15) is 0 Å². The Bertz CT molecular complexity index is 603. The Balaban J connectivity index is 0.00000200. The van der Waals surface area contributed by atoms with Crippen LogP contribution >= 0.6 is 12.4 Å². The summed E-state index contributed by atoms with van der Waals surface area (Å²) in [4.78, 5) is 11.6. The van der Waals surface area contributed by atoms with Crippen molar-refractivity contribution in [1.82, 2.24) is 0 Å². The minimum absolute atomic E-state index is 0. The Labute approximate surface area is 122 Å². The quantitative estimate of drug-likeness (QED) is 0.594. The molecule has 0 saturated heterocycles. The predicted octanol–water partition coefficient (Wildman–Crippen LogP) is 2.33. The number of carbonyl (C=O) groups is 1. The summed E-state index contributed by atoms with van der Waals surface area (Å²) in [6, 6.07) is 11.7. The van der Waals surface area contributed by atoms with Crippen LogP contribution in [-0.4, -0.2) is 17.4 Å². The number of nitrogens with two attached hydrogens (primary N) is 2. The zero-order valence-electron chi connectivity index (χ0n) is 10.6. The molecule has 0 radical (unpaired) electrons. The van der Waals surface area contributed by atoms with Gasteiger partial charge in [-0.25, -0.2) is 0 Å². The van der Waals surface area contributed by atoms with E-state index in [9.17, 15) is 9.90 Å². The van der Waals surface area contributed by atoms with Crippen LogP contribution in [-0.2, 0) is 0 Å². The van der Waals surface area contributed by atoms with Crippen LogP contribution in [0.4, 0.5) is 5.69 Å². The van der Waals surface area contributed by atoms with Crippen LogP contribution in [0.2, 0.25) is 0 Å². The molecule has 0 fully saturated rings. The summed E-state index contributed by atoms with van der Waals surface area (Å²) in [5, 5.41) is 9.67. The Hall–Kier alpha value is -2.24. The van der Waals surface area contributed by atoms with Gasteiger partial charge in [0, 0.05) is 6.07 Å². The van der Waals surface area contributed by atoms with Crippen LogP contribution in [0, 0.1) is 0 Å². The number of benzene rings is 2. The van der Waals surface area contributed by atoms with Crippen molar-refractivity contribution in [1.29, 1.82) is 0 Å². The lowest BCUT2D eigenvalue weighted by atomic mass is 10.1. The Morgan fingerprint density at radius 2 is 1.85 bits per heavy atom. The van der Waals surface area contributed by atoms with E-state index in [-0.39, 0.29) is 41.7 Å². The molecule has 0 saturated carbocycles. The van der Waals surface area contributed by atoms with Crippen LogP contribution in [0.25, 0.3) is 0 Å². The second kappa shape index (κ2) is 6.79. The standard InChI is InChI=1S/C14H14N2O3.ClH/c15-8-13(18)10-6-14(11(16)7-12(10)17)19-9-4-2-1-3-5-9;/h1-7,17H,8,15-16H2;1H. The zero-order valence-corrected chi connectivity index (χ0v) is 11.4. The van der Waals surface area contributed by atoms with E-state index in [4.69, 9.17) is 16.2 Å². The van der Waals surface area contributed by atoms with Gasteiger partial charge in [0.05, 0.1) is 17.8 Å². The molecule has 0 spiro atoms. The summed E-state index contributed by atoms with van der Waals surface area (Å²) in [7, 11) is 0. The van der Waals surface area contributed by atoms with Crippen LogP contribution in [0.15, 0.2) is 42.5 Å². The second-order valence-corrected chi connectivity index (χ2v) is 3.95.